The second-order valence-corrected chi connectivity index (χ2v) is 6.75. The maximum atomic E-state index is 6.35. The van der Waals surface area contributed by atoms with Crippen LogP contribution in [0, 0.1) is 5.41 Å². The van der Waals surface area contributed by atoms with Crippen LogP contribution < -0.4 is 0 Å². The van der Waals surface area contributed by atoms with Gasteiger partial charge in [0.05, 0.1) is 17.1 Å². The molecule has 0 N–H and O–H groups in total. The molecule has 0 radical (unpaired) electrons. The Kier molecular flexibility index (Phi) is 3.72. The van der Waals surface area contributed by atoms with Gasteiger partial charge >= 0.3 is 0 Å². The predicted molar refractivity (Wildman–Crippen MR) is 83.0 cm³/mol. The average Bonchev–Trinajstić information content (AvgIpc) is 3.05. The van der Waals surface area contributed by atoms with Gasteiger partial charge in [-0.1, -0.05) is 19.8 Å². The second kappa shape index (κ2) is 5.36. The summed E-state index contributed by atoms with van der Waals surface area (Å²) in [5.41, 5.74) is 2.55. The van der Waals surface area contributed by atoms with E-state index in [1.165, 1.54) is 37.6 Å². The summed E-state index contributed by atoms with van der Waals surface area (Å²) < 4.78 is 2.34. The zero-order chi connectivity index (χ0) is 14.2. The molecule has 0 aliphatic heterocycles. The van der Waals surface area contributed by atoms with Crippen LogP contribution in [0.5, 0.6) is 0 Å². The number of pyridine rings is 1. The Bertz CT molecular complexity index is 597. The molecule has 0 amide bonds. The highest BCUT2D eigenvalue weighted by Gasteiger charge is 2.33. The van der Waals surface area contributed by atoms with Crippen molar-refractivity contribution in [1.29, 1.82) is 0 Å². The maximum Gasteiger partial charge on any atom is 0.127 e. The van der Waals surface area contributed by atoms with Crippen LogP contribution in [0.2, 0.25) is 0 Å². The molecule has 0 aromatic carbocycles. The summed E-state index contributed by atoms with van der Waals surface area (Å²) in [5.74, 6) is 0.981. The number of aromatic nitrogens is 3. The fourth-order valence-electron chi connectivity index (χ4n) is 3.55. The van der Waals surface area contributed by atoms with E-state index in [1.807, 2.05) is 19.3 Å². The SMILES string of the molecule is CCC1(Cn2c(C(C)Cl)nc3cnccc32)CCCC1. The topological polar surface area (TPSA) is 30.7 Å². The minimum atomic E-state index is -0.0716. The Labute approximate surface area is 125 Å². The summed E-state index contributed by atoms with van der Waals surface area (Å²) >= 11 is 6.35. The summed E-state index contributed by atoms with van der Waals surface area (Å²) in [6.07, 6.45) is 10.3. The van der Waals surface area contributed by atoms with Crippen molar-refractivity contribution in [2.45, 2.75) is 57.9 Å². The quantitative estimate of drug-likeness (QED) is 0.764. The van der Waals surface area contributed by atoms with Crippen LogP contribution in [0.4, 0.5) is 0 Å². The highest BCUT2D eigenvalue weighted by atomic mass is 35.5. The molecule has 4 heteroatoms. The van der Waals surface area contributed by atoms with Gasteiger partial charge in [-0.05, 0) is 37.7 Å². The highest BCUT2D eigenvalue weighted by molar-refractivity contribution is 6.20. The highest BCUT2D eigenvalue weighted by Crippen LogP contribution is 2.43. The van der Waals surface area contributed by atoms with Crippen molar-refractivity contribution in [2.75, 3.05) is 0 Å². The molecule has 0 spiro atoms. The number of fused-ring (bicyclic) bond motifs is 1. The first-order valence-electron chi connectivity index (χ1n) is 7.59. The molecule has 2 aromatic heterocycles. The van der Waals surface area contributed by atoms with E-state index in [0.717, 1.165) is 17.9 Å². The molecule has 20 heavy (non-hydrogen) atoms. The molecule has 2 heterocycles. The Morgan fingerprint density at radius 1 is 1.40 bits per heavy atom. The van der Waals surface area contributed by atoms with Gasteiger partial charge in [0.15, 0.2) is 0 Å². The molecule has 1 unspecified atom stereocenters. The summed E-state index contributed by atoms with van der Waals surface area (Å²) in [4.78, 5) is 8.87. The van der Waals surface area contributed by atoms with E-state index in [2.05, 4.69) is 27.5 Å². The summed E-state index contributed by atoms with van der Waals surface area (Å²) in [6, 6.07) is 2.06. The lowest BCUT2D eigenvalue weighted by atomic mass is 9.83. The van der Waals surface area contributed by atoms with E-state index < -0.39 is 0 Å². The normalized spacial score (nSPS) is 19.6. The van der Waals surface area contributed by atoms with Crippen LogP contribution in [-0.4, -0.2) is 14.5 Å². The average molecular weight is 292 g/mol. The van der Waals surface area contributed by atoms with E-state index in [-0.39, 0.29) is 5.38 Å². The molecular weight excluding hydrogens is 270 g/mol. The van der Waals surface area contributed by atoms with Crippen molar-refractivity contribution < 1.29 is 0 Å². The molecule has 0 bridgehead atoms. The molecule has 1 aliphatic rings. The molecular formula is C16H22ClN3. The largest absolute Gasteiger partial charge is 0.326 e. The first-order valence-corrected chi connectivity index (χ1v) is 8.03. The second-order valence-electron chi connectivity index (χ2n) is 6.10. The van der Waals surface area contributed by atoms with Gasteiger partial charge in [0.1, 0.15) is 11.3 Å². The Hall–Kier alpha value is -1.09. The molecule has 2 aromatic rings. The van der Waals surface area contributed by atoms with Gasteiger partial charge in [0.25, 0.3) is 0 Å². The third kappa shape index (κ3) is 2.32. The number of hydrogen-bond acceptors (Lipinski definition) is 2. The van der Waals surface area contributed by atoms with Crippen molar-refractivity contribution in [3.05, 3.63) is 24.3 Å². The minimum Gasteiger partial charge on any atom is -0.326 e. The lowest BCUT2D eigenvalue weighted by Crippen LogP contribution is -2.24. The van der Waals surface area contributed by atoms with Crippen LogP contribution in [-0.2, 0) is 6.54 Å². The maximum absolute atomic E-state index is 6.35. The van der Waals surface area contributed by atoms with Gasteiger partial charge < -0.3 is 4.57 Å². The number of hydrogen-bond donors (Lipinski definition) is 0. The lowest BCUT2D eigenvalue weighted by Gasteiger charge is -2.29. The van der Waals surface area contributed by atoms with Gasteiger partial charge in [-0.15, -0.1) is 11.6 Å². The monoisotopic (exact) mass is 291 g/mol. The first kappa shape index (κ1) is 13.9. The molecule has 1 fully saturated rings. The van der Waals surface area contributed by atoms with Crippen LogP contribution in [0.1, 0.15) is 57.2 Å². The molecule has 1 aliphatic carbocycles. The van der Waals surface area contributed by atoms with E-state index in [0.29, 0.717) is 5.41 Å². The Balaban J connectivity index is 2.07. The number of alkyl halides is 1. The molecule has 1 atom stereocenters. The fourth-order valence-corrected chi connectivity index (χ4v) is 3.72. The van der Waals surface area contributed by atoms with E-state index in [4.69, 9.17) is 11.6 Å². The molecule has 3 nitrogen and oxygen atoms in total. The van der Waals surface area contributed by atoms with Gasteiger partial charge in [-0.3, -0.25) is 4.98 Å². The van der Waals surface area contributed by atoms with E-state index >= 15 is 0 Å². The van der Waals surface area contributed by atoms with Crippen LogP contribution in [0.25, 0.3) is 11.0 Å². The fraction of sp³-hybridized carbons (Fsp3) is 0.625. The summed E-state index contributed by atoms with van der Waals surface area (Å²) in [6.45, 7) is 5.35. The van der Waals surface area contributed by atoms with Crippen molar-refractivity contribution >= 4 is 22.6 Å². The first-order chi connectivity index (χ1) is 9.65. The van der Waals surface area contributed by atoms with Gasteiger partial charge in [-0.2, -0.15) is 0 Å². The van der Waals surface area contributed by atoms with Crippen molar-refractivity contribution in [1.82, 2.24) is 14.5 Å². The van der Waals surface area contributed by atoms with Crippen molar-refractivity contribution in [3.63, 3.8) is 0 Å². The van der Waals surface area contributed by atoms with Gasteiger partial charge in [0.2, 0.25) is 0 Å². The van der Waals surface area contributed by atoms with Gasteiger partial charge in [0, 0.05) is 12.7 Å². The molecule has 0 saturated heterocycles. The van der Waals surface area contributed by atoms with Crippen molar-refractivity contribution in [3.8, 4) is 0 Å². The lowest BCUT2D eigenvalue weighted by molar-refractivity contribution is 0.237. The molecule has 1 saturated carbocycles. The summed E-state index contributed by atoms with van der Waals surface area (Å²) in [5, 5.41) is -0.0716. The van der Waals surface area contributed by atoms with Crippen LogP contribution in [0.3, 0.4) is 0 Å². The zero-order valence-electron chi connectivity index (χ0n) is 12.3. The van der Waals surface area contributed by atoms with Gasteiger partial charge in [-0.25, -0.2) is 4.98 Å². The minimum absolute atomic E-state index is 0.0716. The predicted octanol–water partition coefficient (Wildman–Crippen LogP) is 4.70. The number of nitrogens with zero attached hydrogens (tertiary/aromatic N) is 3. The standard InChI is InChI=1S/C16H22ClN3/c1-3-16(7-4-5-8-16)11-20-14-6-9-18-10-13(14)19-15(20)12(2)17/h6,9-10,12H,3-5,7-8,11H2,1-2H3. The van der Waals surface area contributed by atoms with E-state index in [1.54, 1.807) is 0 Å². The van der Waals surface area contributed by atoms with Crippen molar-refractivity contribution in [2.24, 2.45) is 5.41 Å². The molecule has 3 rings (SSSR count). The number of halogens is 1. The zero-order valence-corrected chi connectivity index (χ0v) is 13.0. The number of imidazole rings is 1. The third-order valence-corrected chi connectivity index (χ3v) is 5.04. The van der Waals surface area contributed by atoms with Crippen LogP contribution in [0.15, 0.2) is 18.5 Å². The smallest absolute Gasteiger partial charge is 0.127 e. The number of rotatable bonds is 4. The Morgan fingerprint density at radius 3 is 2.80 bits per heavy atom. The van der Waals surface area contributed by atoms with Crippen LogP contribution >= 0.6 is 11.6 Å². The third-order valence-electron chi connectivity index (χ3n) is 4.84. The molecule has 108 valence electrons. The Morgan fingerprint density at radius 2 is 2.15 bits per heavy atom. The van der Waals surface area contributed by atoms with E-state index in [9.17, 15) is 0 Å². The summed E-state index contributed by atoms with van der Waals surface area (Å²) in [7, 11) is 0.